The molecule has 3 nitrogen and oxygen atoms in total. The smallest absolute Gasteiger partial charge is 0.337 e. The Morgan fingerprint density at radius 1 is 1.40 bits per heavy atom. The van der Waals surface area contributed by atoms with E-state index in [1.54, 1.807) is 6.07 Å². The number of carboxylic acids is 1. The number of anilines is 1. The summed E-state index contributed by atoms with van der Waals surface area (Å²) in [5, 5.41) is 12.2. The van der Waals surface area contributed by atoms with Gasteiger partial charge < -0.3 is 10.4 Å². The van der Waals surface area contributed by atoms with Gasteiger partial charge in [-0.25, -0.2) is 4.79 Å². The molecule has 0 saturated carbocycles. The van der Waals surface area contributed by atoms with Gasteiger partial charge in [0.15, 0.2) is 0 Å². The average molecular weight is 248 g/mol. The van der Waals surface area contributed by atoms with Gasteiger partial charge in [-0.05, 0) is 26.0 Å². The molecule has 0 aliphatic rings. The van der Waals surface area contributed by atoms with Crippen LogP contribution in [0.2, 0.25) is 10.0 Å². The van der Waals surface area contributed by atoms with Crippen LogP contribution in [0.1, 0.15) is 24.2 Å². The minimum Gasteiger partial charge on any atom is -0.478 e. The molecule has 1 rings (SSSR count). The molecular weight excluding hydrogens is 237 g/mol. The van der Waals surface area contributed by atoms with E-state index in [0.717, 1.165) is 0 Å². The second-order valence-corrected chi connectivity index (χ2v) is 4.21. The molecule has 0 heterocycles. The van der Waals surface area contributed by atoms with Crippen LogP contribution in [0.3, 0.4) is 0 Å². The second kappa shape index (κ2) is 4.73. The van der Waals surface area contributed by atoms with Gasteiger partial charge in [-0.2, -0.15) is 0 Å². The molecule has 0 spiro atoms. The van der Waals surface area contributed by atoms with Gasteiger partial charge in [0.25, 0.3) is 0 Å². The first-order valence-corrected chi connectivity index (χ1v) is 5.16. The predicted octanol–water partition coefficient (Wildman–Crippen LogP) is 3.51. The monoisotopic (exact) mass is 247 g/mol. The summed E-state index contributed by atoms with van der Waals surface area (Å²) in [5.74, 6) is -1.09. The number of benzene rings is 1. The molecule has 0 aromatic heterocycles. The van der Waals surface area contributed by atoms with Gasteiger partial charge in [-0.1, -0.05) is 23.2 Å². The molecule has 0 aliphatic carbocycles. The van der Waals surface area contributed by atoms with Crippen molar-refractivity contribution in [2.45, 2.75) is 19.9 Å². The highest BCUT2D eigenvalue weighted by molar-refractivity contribution is 6.44. The fraction of sp³-hybridized carbons (Fsp3) is 0.300. The van der Waals surface area contributed by atoms with Crippen molar-refractivity contribution >= 4 is 34.9 Å². The second-order valence-electron chi connectivity index (χ2n) is 3.42. The molecule has 0 radical (unpaired) electrons. The van der Waals surface area contributed by atoms with E-state index in [1.165, 1.54) is 6.07 Å². The summed E-state index contributed by atoms with van der Waals surface area (Å²) in [5.41, 5.74) is 0.657. The van der Waals surface area contributed by atoms with Crippen LogP contribution in [-0.4, -0.2) is 17.1 Å². The van der Waals surface area contributed by atoms with Crippen molar-refractivity contribution in [3.8, 4) is 0 Å². The number of hydrogen-bond donors (Lipinski definition) is 2. The molecule has 0 aliphatic heterocycles. The zero-order valence-electron chi connectivity index (χ0n) is 8.34. The summed E-state index contributed by atoms with van der Waals surface area (Å²) in [6.07, 6.45) is 0. The van der Waals surface area contributed by atoms with Gasteiger partial charge >= 0.3 is 5.97 Å². The minimum absolute atomic E-state index is 0.00677. The van der Waals surface area contributed by atoms with E-state index in [4.69, 9.17) is 28.3 Å². The van der Waals surface area contributed by atoms with E-state index in [-0.39, 0.29) is 21.7 Å². The Bertz CT molecular complexity index is 391. The molecule has 0 amide bonds. The molecule has 0 saturated heterocycles. The lowest BCUT2D eigenvalue weighted by molar-refractivity contribution is 0.0697. The number of hydrogen-bond acceptors (Lipinski definition) is 2. The third-order valence-corrected chi connectivity index (χ3v) is 2.52. The lowest BCUT2D eigenvalue weighted by Gasteiger charge is -2.12. The number of aromatic carboxylic acids is 1. The summed E-state index contributed by atoms with van der Waals surface area (Å²) in [7, 11) is 0. The number of carboxylic acid groups (broad SMARTS) is 1. The third-order valence-electron chi connectivity index (χ3n) is 1.71. The van der Waals surface area contributed by atoms with Crippen LogP contribution >= 0.6 is 23.2 Å². The summed E-state index contributed by atoms with van der Waals surface area (Å²) in [4.78, 5) is 10.8. The maximum absolute atomic E-state index is 10.8. The first-order chi connectivity index (χ1) is 6.91. The molecular formula is C10H11Cl2NO2. The van der Waals surface area contributed by atoms with Crippen LogP contribution in [-0.2, 0) is 0 Å². The topological polar surface area (TPSA) is 49.3 Å². The molecule has 2 N–H and O–H groups in total. The zero-order chi connectivity index (χ0) is 11.6. The molecule has 0 fully saturated rings. The summed E-state index contributed by atoms with van der Waals surface area (Å²) >= 11 is 11.6. The molecule has 1 aromatic carbocycles. The van der Waals surface area contributed by atoms with Crippen LogP contribution in [0.5, 0.6) is 0 Å². The number of rotatable bonds is 3. The van der Waals surface area contributed by atoms with Crippen molar-refractivity contribution in [1.29, 1.82) is 0 Å². The first kappa shape index (κ1) is 12.1. The predicted molar refractivity (Wildman–Crippen MR) is 62.2 cm³/mol. The van der Waals surface area contributed by atoms with E-state index in [0.29, 0.717) is 5.69 Å². The van der Waals surface area contributed by atoms with Gasteiger partial charge in [-0.3, -0.25) is 0 Å². The Kier molecular flexibility index (Phi) is 3.83. The Labute approximate surface area is 98.0 Å². The highest BCUT2D eigenvalue weighted by Crippen LogP contribution is 2.30. The van der Waals surface area contributed by atoms with Crippen LogP contribution in [0.25, 0.3) is 0 Å². The summed E-state index contributed by atoms with van der Waals surface area (Å²) in [6, 6.07) is 3.27. The molecule has 0 atom stereocenters. The summed E-state index contributed by atoms with van der Waals surface area (Å²) < 4.78 is 0. The van der Waals surface area contributed by atoms with Crippen molar-refractivity contribution in [3.63, 3.8) is 0 Å². The van der Waals surface area contributed by atoms with Crippen LogP contribution < -0.4 is 5.32 Å². The van der Waals surface area contributed by atoms with Crippen molar-refractivity contribution in [1.82, 2.24) is 0 Å². The fourth-order valence-electron chi connectivity index (χ4n) is 1.16. The highest BCUT2D eigenvalue weighted by atomic mass is 35.5. The van der Waals surface area contributed by atoms with Crippen molar-refractivity contribution in [2.75, 3.05) is 5.32 Å². The van der Waals surface area contributed by atoms with E-state index < -0.39 is 5.97 Å². The SMILES string of the molecule is CC(C)Nc1cc(Cl)c(Cl)c(C(=O)O)c1. The Balaban J connectivity index is 3.17. The van der Waals surface area contributed by atoms with Gasteiger partial charge in [0.1, 0.15) is 0 Å². The van der Waals surface area contributed by atoms with Gasteiger partial charge in [0.2, 0.25) is 0 Å². The largest absolute Gasteiger partial charge is 0.478 e. The van der Waals surface area contributed by atoms with Crippen molar-refractivity contribution < 1.29 is 9.90 Å². The number of carbonyl (C=O) groups is 1. The quantitative estimate of drug-likeness (QED) is 0.860. The first-order valence-electron chi connectivity index (χ1n) is 4.40. The average Bonchev–Trinajstić information content (AvgIpc) is 2.09. The lowest BCUT2D eigenvalue weighted by atomic mass is 10.2. The van der Waals surface area contributed by atoms with E-state index in [2.05, 4.69) is 5.32 Å². The minimum atomic E-state index is -1.09. The maximum atomic E-state index is 10.8. The molecule has 1 aromatic rings. The van der Waals surface area contributed by atoms with Crippen LogP contribution in [0.4, 0.5) is 5.69 Å². The van der Waals surface area contributed by atoms with E-state index in [9.17, 15) is 4.79 Å². The maximum Gasteiger partial charge on any atom is 0.337 e. The summed E-state index contributed by atoms with van der Waals surface area (Å²) in [6.45, 7) is 3.89. The highest BCUT2D eigenvalue weighted by Gasteiger charge is 2.13. The molecule has 15 heavy (non-hydrogen) atoms. The van der Waals surface area contributed by atoms with Crippen molar-refractivity contribution in [3.05, 3.63) is 27.7 Å². The fourth-order valence-corrected chi connectivity index (χ4v) is 1.57. The Morgan fingerprint density at radius 3 is 2.47 bits per heavy atom. The molecule has 82 valence electrons. The van der Waals surface area contributed by atoms with Crippen LogP contribution in [0.15, 0.2) is 12.1 Å². The van der Waals surface area contributed by atoms with Crippen molar-refractivity contribution in [2.24, 2.45) is 0 Å². The standard InChI is InChI=1S/C10H11Cl2NO2/c1-5(2)13-6-3-7(10(14)15)9(12)8(11)4-6/h3-5,13H,1-2H3,(H,14,15). The van der Waals surface area contributed by atoms with Gasteiger partial charge in [-0.15, -0.1) is 0 Å². The third kappa shape index (κ3) is 3.01. The lowest BCUT2D eigenvalue weighted by Crippen LogP contribution is -2.10. The zero-order valence-corrected chi connectivity index (χ0v) is 9.86. The molecule has 0 unspecified atom stereocenters. The Morgan fingerprint density at radius 2 is 2.00 bits per heavy atom. The van der Waals surface area contributed by atoms with Gasteiger partial charge in [0, 0.05) is 11.7 Å². The van der Waals surface area contributed by atoms with Gasteiger partial charge in [0.05, 0.1) is 15.6 Å². The number of halogens is 2. The molecule has 0 bridgehead atoms. The number of nitrogens with one attached hydrogen (secondary N) is 1. The van der Waals surface area contributed by atoms with Crippen LogP contribution in [0, 0.1) is 0 Å². The molecule has 5 heteroatoms. The van der Waals surface area contributed by atoms with E-state index >= 15 is 0 Å². The Hall–Kier alpha value is -0.930. The normalized spacial score (nSPS) is 10.5. The van der Waals surface area contributed by atoms with E-state index in [1.807, 2.05) is 13.8 Å².